The average Bonchev–Trinajstić information content (AvgIpc) is 2.43. The lowest BCUT2D eigenvalue weighted by atomic mass is 9.75. The zero-order chi connectivity index (χ0) is 14.8. The quantitative estimate of drug-likeness (QED) is 0.831. The van der Waals surface area contributed by atoms with Crippen LogP contribution in [0.1, 0.15) is 42.9 Å². The molecule has 1 unspecified atom stereocenters. The lowest BCUT2D eigenvalue weighted by molar-refractivity contribution is 0.266. The van der Waals surface area contributed by atoms with E-state index >= 15 is 0 Å². The van der Waals surface area contributed by atoms with Gasteiger partial charge in [-0.15, -0.1) is 0 Å². The van der Waals surface area contributed by atoms with Gasteiger partial charge < -0.3 is 5.32 Å². The first-order valence-electron chi connectivity index (χ1n) is 7.39. The van der Waals surface area contributed by atoms with Gasteiger partial charge in [-0.2, -0.15) is 0 Å². The van der Waals surface area contributed by atoms with Gasteiger partial charge in [-0.3, -0.25) is 0 Å². The monoisotopic (exact) mass is 303 g/mol. The topological polar surface area (TPSA) is 12.0 Å². The normalized spacial score (nSPS) is 22.6. The van der Waals surface area contributed by atoms with E-state index in [1.54, 1.807) is 12.1 Å². The molecule has 2 aromatic carbocycles. The first-order chi connectivity index (χ1) is 10.1. The average molecular weight is 304 g/mol. The van der Waals surface area contributed by atoms with E-state index in [1.165, 1.54) is 5.56 Å². The lowest BCUT2D eigenvalue weighted by Crippen LogP contribution is -2.41. The smallest absolute Gasteiger partial charge is 0.126 e. The molecule has 21 heavy (non-hydrogen) atoms. The molecular formula is C18H19ClFN. The second-order valence-electron chi connectivity index (χ2n) is 5.83. The van der Waals surface area contributed by atoms with E-state index in [0.29, 0.717) is 12.0 Å². The molecule has 0 radical (unpaired) electrons. The summed E-state index contributed by atoms with van der Waals surface area (Å²) in [6.07, 6.45) is 1.98. The molecule has 0 spiro atoms. The SMILES string of the molecule is CC(NC1CC(c2ccccc2F)C1)c1cccc(Cl)c1. The van der Waals surface area contributed by atoms with Crippen LogP contribution < -0.4 is 5.32 Å². The molecule has 1 saturated carbocycles. The fourth-order valence-electron chi connectivity index (χ4n) is 3.04. The van der Waals surface area contributed by atoms with Gasteiger partial charge in [-0.05, 0) is 55.0 Å². The molecule has 0 aromatic heterocycles. The molecule has 3 rings (SSSR count). The van der Waals surface area contributed by atoms with Crippen molar-refractivity contribution >= 4 is 11.6 Å². The third kappa shape index (κ3) is 3.28. The number of hydrogen-bond acceptors (Lipinski definition) is 1. The van der Waals surface area contributed by atoms with Gasteiger partial charge in [-0.25, -0.2) is 4.39 Å². The lowest BCUT2D eigenvalue weighted by Gasteiger charge is -2.38. The second kappa shape index (κ2) is 6.17. The Morgan fingerprint density at radius 3 is 2.62 bits per heavy atom. The fourth-order valence-corrected chi connectivity index (χ4v) is 3.24. The van der Waals surface area contributed by atoms with E-state index in [9.17, 15) is 4.39 Å². The van der Waals surface area contributed by atoms with Gasteiger partial charge in [-0.1, -0.05) is 41.9 Å². The van der Waals surface area contributed by atoms with Gasteiger partial charge in [0.05, 0.1) is 0 Å². The Hall–Kier alpha value is -1.38. The van der Waals surface area contributed by atoms with E-state index in [1.807, 2.05) is 30.3 Å². The van der Waals surface area contributed by atoms with Crippen molar-refractivity contribution in [2.45, 2.75) is 37.8 Å². The summed E-state index contributed by atoms with van der Waals surface area (Å²) in [5.41, 5.74) is 2.04. The van der Waals surface area contributed by atoms with E-state index in [4.69, 9.17) is 11.6 Å². The van der Waals surface area contributed by atoms with Crippen molar-refractivity contribution in [1.82, 2.24) is 5.32 Å². The minimum atomic E-state index is -0.0798. The Balaban J connectivity index is 1.56. The summed E-state index contributed by atoms with van der Waals surface area (Å²) in [5, 5.41) is 4.36. The highest BCUT2D eigenvalue weighted by Gasteiger charge is 2.32. The molecule has 1 aliphatic rings. The third-order valence-electron chi connectivity index (χ3n) is 4.32. The molecule has 110 valence electrons. The van der Waals surface area contributed by atoms with Crippen LogP contribution in [-0.4, -0.2) is 6.04 Å². The Bertz CT molecular complexity index is 622. The number of benzene rings is 2. The molecule has 0 heterocycles. The van der Waals surface area contributed by atoms with Crippen molar-refractivity contribution in [1.29, 1.82) is 0 Å². The van der Waals surface area contributed by atoms with E-state index in [-0.39, 0.29) is 11.9 Å². The maximum Gasteiger partial charge on any atom is 0.126 e. The maximum atomic E-state index is 13.7. The van der Waals surface area contributed by atoms with E-state index in [2.05, 4.69) is 18.3 Å². The molecule has 3 heteroatoms. The van der Waals surface area contributed by atoms with Gasteiger partial charge in [0, 0.05) is 17.1 Å². The zero-order valence-corrected chi connectivity index (χ0v) is 12.8. The minimum absolute atomic E-state index is 0.0798. The Kier molecular flexibility index (Phi) is 4.27. The molecule has 1 atom stereocenters. The molecular weight excluding hydrogens is 285 g/mol. The van der Waals surface area contributed by atoms with E-state index in [0.717, 1.165) is 23.4 Å². The van der Waals surface area contributed by atoms with Crippen molar-refractivity contribution in [2.24, 2.45) is 0 Å². The van der Waals surface area contributed by atoms with Gasteiger partial charge in [0.25, 0.3) is 0 Å². The van der Waals surface area contributed by atoms with Gasteiger partial charge in [0.15, 0.2) is 0 Å². The number of rotatable bonds is 4. The fraction of sp³-hybridized carbons (Fsp3) is 0.333. The Morgan fingerprint density at radius 1 is 1.14 bits per heavy atom. The molecule has 0 bridgehead atoms. The van der Waals surface area contributed by atoms with Crippen LogP contribution in [0.3, 0.4) is 0 Å². The molecule has 0 aliphatic heterocycles. The summed E-state index contributed by atoms with van der Waals surface area (Å²) in [6, 6.07) is 15.7. The summed E-state index contributed by atoms with van der Waals surface area (Å²) < 4.78 is 13.7. The maximum absolute atomic E-state index is 13.7. The van der Waals surface area contributed by atoms with Crippen LogP contribution >= 0.6 is 11.6 Å². The number of halogens is 2. The predicted molar refractivity (Wildman–Crippen MR) is 85.2 cm³/mol. The first-order valence-corrected chi connectivity index (χ1v) is 7.77. The zero-order valence-electron chi connectivity index (χ0n) is 12.0. The molecule has 1 aliphatic carbocycles. The largest absolute Gasteiger partial charge is 0.307 e. The third-order valence-corrected chi connectivity index (χ3v) is 4.55. The highest BCUT2D eigenvalue weighted by Crippen LogP contribution is 2.39. The summed E-state index contributed by atoms with van der Waals surface area (Å²) in [5.74, 6) is 0.263. The molecule has 1 nitrogen and oxygen atoms in total. The van der Waals surface area contributed by atoms with Crippen LogP contribution in [0.4, 0.5) is 4.39 Å². The predicted octanol–water partition coefficient (Wildman–Crippen LogP) is 5.08. The molecule has 1 fully saturated rings. The van der Waals surface area contributed by atoms with Crippen LogP contribution in [-0.2, 0) is 0 Å². The molecule has 1 N–H and O–H groups in total. The minimum Gasteiger partial charge on any atom is -0.307 e. The highest BCUT2D eigenvalue weighted by molar-refractivity contribution is 6.30. The van der Waals surface area contributed by atoms with Crippen molar-refractivity contribution in [2.75, 3.05) is 0 Å². The molecule has 2 aromatic rings. The molecule has 0 amide bonds. The van der Waals surface area contributed by atoms with E-state index < -0.39 is 0 Å². The first kappa shape index (κ1) is 14.6. The summed E-state index contributed by atoms with van der Waals surface area (Å²) in [6.45, 7) is 2.14. The van der Waals surface area contributed by atoms with Gasteiger partial charge in [0.2, 0.25) is 0 Å². The number of nitrogens with one attached hydrogen (secondary N) is 1. The standard InChI is InChI=1S/C18H19ClFN/c1-12(13-5-4-6-15(19)9-13)21-16-10-14(11-16)17-7-2-3-8-18(17)20/h2-9,12,14,16,21H,10-11H2,1H3. The summed E-state index contributed by atoms with van der Waals surface area (Å²) in [4.78, 5) is 0. The van der Waals surface area contributed by atoms with Crippen LogP contribution in [0, 0.1) is 5.82 Å². The van der Waals surface area contributed by atoms with Crippen LogP contribution in [0.15, 0.2) is 48.5 Å². The van der Waals surface area contributed by atoms with Crippen LogP contribution in [0.5, 0.6) is 0 Å². The highest BCUT2D eigenvalue weighted by atomic mass is 35.5. The van der Waals surface area contributed by atoms with Crippen molar-refractivity contribution in [3.63, 3.8) is 0 Å². The Labute approximate surface area is 130 Å². The van der Waals surface area contributed by atoms with Crippen molar-refractivity contribution in [3.05, 3.63) is 70.5 Å². The summed E-state index contributed by atoms with van der Waals surface area (Å²) >= 11 is 6.02. The van der Waals surface area contributed by atoms with Crippen molar-refractivity contribution < 1.29 is 4.39 Å². The van der Waals surface area contributed by atoms with Crippen LogP contribution in [0.25, 0.3) is 0 Å². The van der Waals surface area contributed by atoms with Crippen molar-refractivity contribution in [3.8, 4) is 0 Å². The number of hydrogen-bond donors (Lipinski definition) is 1. The van der Waals surface area contributed by atoms with Gasteiger partial charge in [0.1, 0.15) is 5.82 Å². The second-order valence-corrected chi connectivity index (χ2v) is 6.27. The van der Waals surface area contributed by atoms with Gasteiger partial charge >= 0.3 is 0 Å². The summed E-state index contributed by atoms with van der Waals surface area (Å²) in [7, 11) is 0. The Morgan fingerprint density at radius 2 is 1.90 bits per heavy atom. The van der Waals surface area contributed by atoms with Crippen LogP contribution in [0.2, 0.25) is 5.02 Å². The molecule has 0 saturated heterocycles.